The molecule has 0 bridgehead atoms. The van der Waals surface area contributed by atoms with E-state index in [4.69, 9.17) is 11.6 Å². The maximum absolute atomic E-state index is 11.2. The Labute approximate surface area is 81.2 Å². The second-order valence-corrected chi connectivity index (χ2v) is 3.65. The van der Waals surface area contributed by atoms with Crippen LogP contribution in [0.4, 0.5) is 0 Å². The lowest BCUT2D eigenvalue weighted by atomic mass is 9.85. The van der Waals surface area contributed by atoms with Crippen LogP contribution in [0.25, 0.3) is 0 Å². The molecule has 2 rings (SSSR count). The Bertz CT molecular complexity index is 357. The van der Waals surface area contributed by atoms with Crippen molar-refractivity contribution in [1.82, 2.24) is 9.97 Å². The first kappa shape index (κ1) is 8.75. The third-order valence-electron chi connectivity index (χ3n) is 2.44. The molecule has 3 nitrogen and oxygen atoms in total. The van der Waals surface area contributed by atoms with Crippen molar-refractivity contribution in [2.45, 2.75) is 31.1 Å². The summed E-state index contributed by atoms with van der Waals surface area (Å²) in [5, 5.41) is 0. The van der Waals surface area contributed by atoms with Crippen LogP contribution in [0, 0.1) is 0 Å². The van der Waals surface area contributed by atoms with Gasteiger partial charge in [-0.3, -0.25) is 4.79 Å². The van der Waals surface area contributed by atoms with Gasteiger partial charge in [0, 0.05) is 12.0 Å². The highest BCUT2D eigenvalue weighted by Crippen LogP contribution is 2.33. The molecule has 4 heteroatoms. The summed E-state index contributed by atoms with van der Waals surface area (Å²) < 4.78 is 0. The molecule has 0 atom stereocenters. The minimum absolute atomic E-state index is 0.0902. The fraction of sp³-hybridized carbons (Fsp3) is 0.556. The van der Waals surface area contributed by atoms with Gasteiger partial charge in [-0.1, -0.05) is 6.42 Å². The molecule has 0 saturated heterocycles. The summed E-state index contributed by atoms with van der Waals surface area (Å²) in [5.41, 5.74) is 0.583. The first-order valence-corrected chi connectivity index (χ1v) is 4.99. The Morgan fingerprint density at radius 2 is 2.38 bits per heavy atom. The Kier molecular flexibility index (Phi) is 2.36. The zero-order valence-electron chi connectivity index (χ0n) is 7.22. The van der Waals surface area contributed by atoms with Crippen molar-refractivity contribution in [1.29, 1.82) is 0 Å². The van der Waals surface area contributed by atoms with Crippen molar-refractivity contribution in [2.24, 2.45) is 0 Å². The number of aromatic amines is 1. The summed E-state index contributed by atoms with van der Waals surface area (Å²) in [7, 11) is 0. The van der Waals surface area contributed by atoms with Crippen molar-refractivity contribution < 1.29 is 0 Å². The third-order valence-corrected chi connectivity index (χ3v) is 2.72. The second-order valence-electron chi connectivity index (χ2n) is 3.38. The molecule has 1 aliphatic rings. The number of H-pyrrole nitrogens is 1. The third kappa shape index (κ3) is 1.75. The topological polar surface area (TPSA) is 45.8 Å². The standard InChI is InChI=1S/C9H11ClN2O/c10-5-7-4-8(13)12-9(11-7)6-2-1-3-6/h4,6H,1-3,5H2,(H,11,12,13). The molecular formula is C9H11ClN2O. The Hall–Kier alpha value is -0.830. The number of rotatable bonds is 2. The van der Waals surface area contributed by atoms with Crippen molar-refractivity contribution >= 4 is 11.6 Å². The van der Waals surface area contributed by atoms with E-state index in [2.05, 4.69) is 9.97 Å². The van der Waals surface area contributed by atoms with E-state index in [1.165, 1.54) is 12.5 Å². The highest BCUT2D eigenvalue weighted by molar-refractivity contribution is 6.16. The lowest BCUT2D eigenvalue weighted by molar-refractivity contribution is 0.399. The normalized spacial score (nSPS) is 17.0. The minimum atomic E-state index is -0.0902. The monoisotopic (exact) mass is 198 g/mol. The smallest absolute Gasteiger partial charge is 0.251 e. The molecule has 13 heavy (non-hydrogen) atoms. The summed E-state index contributed by atoms with van der Waals surface area (Å²) in [6, 6.07) is 1.45. The predicted octanol–water partition coefficient (Wildman–Crippen LogP) is 1.78. The zero-order chi connectivity index (χ0) is 9.26. The van der Waals surface area contributed by atoms with E-state index in [0.717, 1.165) is 18.7 Å². The molecule has 0 aromatic carbocycles. The predicted molar refractivity (Wildman–Crippen MR) is 51.0 cm³/mol. The molecule has 1 aliphatic carbocycles. The molecule has 1 saturated carbocycles. The number of aromatic nitrogens is 2. The van der Waals surface area contributed by atoms with Gasteiger partial charge in [0.15, 0.2) is 0 Å². The van der Waals surface area contributed by atoms with Gasteiger partial charge < -0.3 is 4.98 Å². The number of hydrogen-bond donors (Lipinski definition) is 1. The van der Waals surface area contributed by atoms with Gasteiger partial charge in [-0.15, -0.1) is 11.6 Å². The molecule has 0 spiro atoms. The van der Waals surface area contributed by atoms with E-state index in [0.29, 0.717) is 17.5 Å². The molecule has 1 fully saturated rings. The van der Waals surface area contributed by atoms with Crippen molar-refractivity contribution in [3.8, 4) is 0 Å². The highest BCUT2D eigenvalue weighted by Gasteiger charge is 2.21. The first-order chi connectivity index (χ1) is 6.29. The second kappa shape index (κ2) is 3.50. The Balaban J connectivity index is 2.34. The SMILES string of the molecule is O=c1cc(CCl)nc(C2CCC2)[nH]1. The number of nitrogens with one attached hydrogen (secondary N) is 1. The number of alkyl halides is 1. The summed E-state index contributed by atoms with van der Waals surface area (Å²) in [4.78, 5) is 18.2. The van der Waals surface area contributed by atoms with Gasteiger partial charge in [0.2, 0.25) is 0 Å². The highest BCUT2D eigenvalue weighted by atomic mass is 35.5. The quantitative estimate of drug-likeness (QED) is 0.737. The average molecular weight is 199 g/mol. The summed E-state index contributed by atoms with van der Waals surface area (Å²) in [6.07, 6.45) is 3.50. The van der Waals surface area contributed by atoms with Crippen LogP contribution in [-0.4, -0.2) is 9.97 Å². The molecule has 0 unspecified atom stereocenters. The van der Waals surface area contributed by atoms with E-state index in [1.807, 2.05) is 0 Å². The molecule has 0 aliphatic heterocycles. The van der Waals surface area contributed by atoms with Gasteiger partial charge >= 0.3 is 0 Å². The van der Waals surface area contributed by atoms with Crippen LogP contribution < -0.4 is 5.56 Å². The van der Waals surface area contributed by atoms with E-state index >= 15 is 0 Å². The Morgan fingerprint density at radius 3 is 2.92 bits per heavy atom. The van der Waals surface area contributed by atoms with Gasteiger partial charge in [0.25, 0.3) is 5.56 Å². The van der Waals surface area contributed by atoms with E-state index < -0.39 is 0 Å². The lowest BCUT2D eigenvalue weighted by Gasteiger charge is -2.24. The number of halogens is 1. The van der Waals surface area contributed by atoms with E-state index in [1.54, 1.807) is 0 Å². The minimum Gasteiger partial charge on any atom is -0.310 e. The van der Waals surface area contributed by atoms with Gasteiger partial charge in [-0.25, -0.2) is 4.98 Å². The van der Waals surface area contributed by atoms with E-state index in [-0.39, 0.29) is 5.56 Å². The Morgan fingerprint density at radius 1 is 1.62 bits per heavy atom. The molecular weight excluding hydrogens is 188 g/mol. The fourth-order valence-corrected chi connectivity index (χ4v) is 1.61. The van der Waals surface area contributed by atoms with Crippen LogP contribution in [0.3, 0.4) is 0 Å². The summed E-state index contributed by atoms with van der Waals surface area (Å²) >= 11 is 5.62. The molecule has 1 aromatic rings. The van der Waals surface area contributed by atoms with Gasteiger partial charge in [0.1, 0.15) is 5.82 Å². The summed E-state index contributed by atoms with van der Waals surface area (Å²) in [6.45, 7) is 0. The van der Waals surface area contributed by atoms with Crippen LogP contribution in [-0.2, 0) is 5.88 Å². The maximum atomic E-state index is 11.2. The van der Waals surface area contributed by atoms with Crippen LogP contribution in [0.15, 0.2) is 10.9 Å². The zero-order valence-corrected chi connectivity index (χ0v) is 7.97. The molecule has 0 radical (unpaired) electrons. The lowest BCUT2D eigenvalue weighted by Crippen LogP contribution is -2.19. The maximum Gasteiger partial charge on any atom is 0.251 e. The fourth-order valence-electron chi connectivity index (χ4n) is 1.47. The molecule has 70 valence electrons. The van der Waals surface area contributed by atoms with Crippen LogP contribution in [0.1, 0.15) is 36.7 Å². The molecule has 0 amide bonds. The van der Waals surface area contributed by atoms with Crippen LogP contribution >= 0.6 is 11.6 Å². The average Bonchev–Trinajstić information content (AvgIpc) is 2.00. The number of nitrogens with zero attached hydrogens (tertiary/aromatic N) is 1. The molecule has 1 aromatic heterocycles. The van der Waals surface area contributed by atoms with Gasteiger partial charge in [-0.05, 0) is 12.8 Å². The van der Waals surface area contributed by atoms with Gasteiger partial charge in [-0.2, -0.15) is 0 Å². The van der Waals surface area contributed by atoms with Crippen LogP contribution in [0.5, 0.6) is 0 Å². The van der Waals surface area contributed by atoms with E-state index in [9.17, 15) is 4.79 Å². The van der Waals surface area contributed by atoms with Crippen molar-refractivity contribution in [2.75, 3.05) is 0 Å². The molecule has 1 heterocycles. The number of hydrogen-bond acceptors (Lipinski definition) is 2. The first-order valence-electron chi connectivity index (χ1n) is 4.45. The van der Waals surface area contributed by atoms with Crippen molar-refractivity contribution in [3.63, 3.8) is 0 Å². The van der Waals surface area contributed by atoms with Gasteiger partial charge in [0.05, 0.1) is 11.6 Å². The largest absolute Gasteiger partial charge is 0.310 e. The van der Waals surface area contributed by atoms with Crippen molar-refractivity contribution in [3.05, 3.63) is 27.9 Å². The van der Waals surface area contributed by atoms with Crippen LogP contribution in [0.2, 0.25) is 0 Å². The summed E-state index contributed by atoms with van der Waals surface area (Å²) in [5.74, 6) is 1.58. The molecule has 1 N–H and O–H groups in total.